The lowest BCUT2D eigenvalue weighted by molar-refractivity contribution is 0.673. The zero-order chi connectivity index (χ0) is 31.6. The van der Waals surface area contributed by atoms with Gasteiger partial charge in [0.15, 0.2) is 0 Å². The maximum absolute atomic E-state index is 6.44. The molecule has 0 saturated carbocycles. The molecule has 0 amide bonds. The Bertz CT molecular complexity index is 2760. The number of rotatable bonds is 4. The zero-order valence-corrected chi connectivity index (χ0v) is 26.1. The summed E-state index contributed by atoms with van der Waals surface area (Å²) in [5.74, 6) is 0. The number of para-hydroxylation sites is 1. The average molecular weight is 612 g/mol. The quantitative estimate of drug-likeness (QED) is 0.184. The largest absolute Gasteiger partial charge is 0.455 e. The van der Waals surface area contributed by atoms with Gasteiger partial charge >= 0.3 is 0 Å². The van der Waals surface area contributed by atoms with Gasteiger partial charge in [0, 0.05) is 33.2 Å². The van der Waals surface area contributed by atoms with E-state index in [4.69, 9.17) is 4.42 Å². The fourth-order valence-corrected chi connectivity index (χ4v) is 7.39. The van der Waals surface area contributed by atoms with Crippen LogP contribution in [0.15, 0.2) is 180 Å². The van der Waals surface area contributed by atoms with Crippen LogP contribution in [0.2, 0.25) is 0 Å². The predicted molar refractivity (Wildman–Crippen MR) is 204 cm³/mol. The van der Waals surface area contributed by atoms with Crippen molar-refractivity contribution in [3.05, 3.63) is 176 Å². The number of hydrogen-bond donors (Lipinski definition) is 0. The van der Waals surface area contributed by atoms with Crippen LogP contribution in [0, 0.1) is 0 Å². The van der Waals surface area contributed by atoms with Gasteiger partial charge in [-0.3, -0.25) is 0 Å². The molecule has 0 atom stereocenters. The fourth-order valence-electron chi connectivity index (χ4n) is 7.39. The van der Waals surface area contributed by atoms with Crippen LogP contribution in [0.25, 0.3) is 76.2 Å². The Morgan fingerprint density at radius 2 is 0.875 bits per heavy atom. The Hall–Kier alpha value is -6.38. The van der Waals surface area contributed by atoms with Crippen molar-refractivity contribution in [2.45, 2.75) is 0 Å². The molecule has 2 heteroatoms. The summed E-state index contributed by atoms with van der Waals surface area (Å²) in [4.78, 5) is 2.35. The van der Waals surface area contributed by atoms with E-state index in [1.165, 1.54) is 54.2 Å². The summed E-state index contributed by atoms with van der Waals surface area (Å²) in [6.07, 6.45) is 0. The third-order valence-corrected chi connectivity index (χ3v) is 9.78. The van der Waals surface area contributed by atoms with Crippen molar-refractivity contribution in [3.63, 3.8) is 0 Å². The molecule has 0 spiro atoms. The van der Waals surface area contributed by atoms with E-state index in [0.29, 0.717) is 0 Å². The highest BCUT2D eigenvalue weighted by molar-refractivity contribution is 6.23. The van der Waals surface area contributed by atoms with Crippen molar-refractivity contribution >= 4 is 82.1 Å². The lowest BCUT2D eigenvalue weighted by atomic mass is 9.96. The number of benzene rings is 9. The van der Waals surface area contributed by atoms with E-state index in [2.05, 4.69) is 175 Å². The summed E-state index contributed by atoms with van der Waals surface area (Å²) < 4.78 is 6.44. The molecule has 10 aromatic rings. The summed E-state index contributed by atoms with van der Waals surface area (Å²) in [6, 6.07) is 63.4. The first-order chi connectivity index (χ1) is 23.8. The molecule has 0 radical (unpaired) electrons. The molecular formula is C46H29NO. The van der Waals surface area contributed by atoms with E-state index < -0.39 is 0 Å². The van der Waals surface area contributed by atoms with Crippen molar-refractivity contribution in [1.82, 2.24) is 0 Å². The van der Waals surface area contributed by atoms with Crippen LogP contribution >= 0.6 is 0 Å². The van der Waals surface area contributed by atoms with Crippen LogP contribution in [-0.2, 0) is 0 Å². The lowest BCUT2D eigenvalue weighted by Crippen LogP contribution is -2.09. The summed E-state index contributed by atoms with van der Waals surface area (Å²) in [5.41, 5.74) is 7.63. The topological polar surface area (TPSA) is 16.4 Å². The molecule has 0 saturated heterocycles. The Morgan fingerprint density at radius 3 is 1.60 bits per heavy atom. The summed E-state index contributed by atoms with van der Waals surface area (Å²) in [7, 11) is 0. The molecule has 0 N–H and O–H groups in total. The Balaban J connectivity index is 1.08. The van der Waals surface area contributed by atoms with Crippen molar-refractivity contribution < 1.29 is 4.42 Å². The maximum Gasteiger partial charge on any atom is 0.143 e. The minimum Gasteiger partial charge on any atom is -0.455 e. The van der Waals surface area contributed by atoms with Gasteiger partial charge in [-0.25, -0.2) is 0 Å². The summed E-state index contributed by atoms with van der Waals surface area (Å²) in [5, 5.41) is 12.0. The molecule has 2 nitrogen and oxygen atoms in total. The molecule has 0 unspecified atom stereocenters. The highest BCUT2D eigenvalue weighted by atomic mass is 16.3. The number of furan rings is 1. The molecule has 0 aliphatic carbocycles. The fraction of sp³-hybridized carbons (Fsp3) is 0. The third-order valence-electron chi connectivity index (χ3n) is 9.78. The first-order valence-corrected chi connectivity index (χ1v) is 16.4. The molecule has 1 heterocycles. The molecule has 0 aliphatic heterocycles. The average Bonchev–Trinajstić information content (AvgIpc) is 3.54. The predicted octanol–water partition coefficient (Wildman–Crippen LogP) is 13.3. The summed E-state index contributed by atoms with van der Waals surface area (Å²) >= 11 is 0. The van der Waals surface area contributed by atoms with Gasteiger partial charge < -0.3 is 9.32 Å². The molecule has 1 aromatic heterocycles. The monoisotopic (exact) mass is 611 g/mol. The van der Waals surface area contributed by atoms with Crippen molar-refractivity contribution in [2.24, 2.45) is 0 Å². The third kappa shape index (κ3) is 4.27. The van der Waals surface area contributed by atoms with E-state index >= 15 is 0 Å². The molecule has 48 heavy (non-hydrogen) atoms. The number of fused-ring (bicyclic) bond motifs is 9. The second-order valence-electron chi connectivity index (χ2n) is 12.6. The van der Waals surface area contributed by atoms with Crippen LogP contribution in [0.4, 0.5) is 17.1 Å². The lowest BCUT2D eigenvalue weighted by Gasteiger charge is -2.26. The molecule has 0 bridgehead atoms. The van der Waals surface area contributed by atoms with Gasteiger partial charge in [0.1, 0.15) is 11.2 Å². The molecule has 0 aliphatic rings. The normalized spacial score (nSPS) is 11.8. The molecule has 224 valence electrons. The van der Waals surface area contributed by atoms with E-state index in [9.17, 15) is 0 Å². The second kappa shape index (κ2) is 10.6. The van der Waals surface area contributed by atoms with Crippen LogP contribution in [0.3, 0.4) is 0 Å². The van der Waals surface area contributed by atoms with E-state index in [1.807, 2.05) is 6.07 Å². The van der Waals surface area contributed by atoms with E-state index in [0.717, 1.165) is 39.0 Å². The summed E-state index contributed by atoms with van der Waals surface area (Å²) in [6.45, 7) is 0. The molecule has 10 rings (SSSR count). The van der Waals surface area contributed by atoms with Crippen LogP contribution in [0.1, 0.15) is 0 Å². The van der Waals surface area contributed by atoms with Crippen LogP contribution < -0.4 is 4.90 Å². The van der Waals surface area contributed by atoms with E-state index in [1.54, 1.807) is 0 Å². The smallest absolute Gasteiger partial charge is 0.143 e. The number of nitrogens with zero attached hydrogens (tertiary/aromatic N) is 1. The van der Waals surface area contributed by atoms with Crippen molar-refractivity contribution in [2.75, 3.05) is 4.90 Å². The highest BCUT2D eigenvalue weighted by Gasteiger charge is 2.16. The van der Waals surface area contributed by atoms with Crippen LogP contribution in [-0.4, -0.2) is 0 Å². The van der Waals surface area contributed by atoms with Crippen molar-refractivity contribution in [3.8, 4) is 11.1 Å². The SMILES string of the molecule is c1ccc2cc(N(c3ccc(-c4ccc5c(ccc6ccc7c8ccccc8oc7c65)c4)cc3)c3ccc4ccccc4c3)ccc2c1. The Morgan fingerprint density at radius 1 is 0.333 bits per heavy atom. The second-order valence-corrected chi connectivity index (χ2v) is 12.6. The number of anilines is 3. The standard InChI is InChI=1S/C46H29NO/c1-3-9-34-28-39(23-17-30(34)7-1)47(40-24-18-31-8-2-4-10-35(31)29-40)38-21-15-32(16-22-38)36-20-25-41-37(27-36)14-13-33-19-26-43-42-11-5-6-12-44(42)48-46(43)45(33)41/h1-29H. The minimum absolute atomic E-state index is 0.926. The van der Waals surface area contributed by atoms with Gasteiger partial charge in [-0.1, -0.05) is 121 Å². The van der Waals surface area contributed by atoms with Gasteiger partial charge in [-0.15, -0.1) is 0 Å². The molecule has 0 fully saturated rings. The van der Waals surface area contributed by atoms with Gasteiger partial charge in [0.2, 0.25) is 0 Å². The van der Waals surface area contributed by atoms with Gasteiger partial charge in [-0.2, -0.15) is 0 Å². The first-order valence-electron chi connectivity index (χ1n) is 16.4. The minimum atomic E-state index is 0.926. The molecule has 9 aromatic carbocycles. The Labute approximate surface area is 277 Å². The van der Waals surface area contributed by atoms with Gasteiger partial charge in [-0.05, 0) is 103 Å². The Kier molecular flexibility index (Phi) is 5.91. The first kappa shape index (κ1) is 26.8. The van der Waals surface area contributed by atoms with E-state index in [-0.39, 0.29) is 0 Å². The van der Waals surface area contributed by atoms with Gasteiger partial charge in [0.05, 0.1) is 0 Å². The zero-order valence-electron chi connectivity index (χ0n) is 26.1. The number of hydrogen-bond acceptors (Lipinski definition) is 2. The van der Waals surface area contributed by atoms with Crippen LogP contribution in [0.5, 0.6) is 0 Å². The molecular weight excluding hydrogens is 583 g/mol. The highest BCUT2D eigenvalue weighted by Crippen LogP contribution is 2.40. The van der Waals surface area contributed by atoms with Crippen molar-refractivity contribution in [1.29, 1.82) is 0 Å². The van der Waals surface area contributed by atoms with Gasteiger partial charge in [0.25, 0.3) is 0 Å². The maximum atomic E-state index is 6.44.